The Morgan fingerprint density at radius 1 is 1.10 bits per heavy atom. The van der Waals surface area contributed by atoms with Crippen molar-refractivity contribution in [2.24, 2.45) is 0 Å². The van der Waals surface area contributed by atoms with E-state index in [0.29, 0.717) is 21.5 Å². The maximum atomic E-state index is 11.8. The number of ether oxygens (including phenoxy) is 1. The molecule has 1 aromatic heterocycles. The Labute approximate surface area is 129 Å². The van der Waals surface area contributed by atoms with Crippen LogP contribution in [0.25, 0.3) is 0 Å². The van der Waals surface area contributed by atoms with Crippen molar-refractivity contribution in [3.8, 4) is 11.6 Å². The largest absolute Gasteiger partial charge is 0.438 e. The molecule has 2 heterocycles. The second-order valence-corrected chi connectivity index (χ2v) is 5.27. The van der Waals surface area contributed by atoms with Gasteiger partial charge in [-0.1, -0.05) is 23.2 Å². The first-order chi connectivity index (χ1) is 9.95. The number of pyridine rings is 1. The summed E-state index contributed by atoms with van der Waals surface area (Å²) in [7, 11) is 0. The average Bonchev–Trinajstić information content (AvgIpc) is 2.69. The molecule has 0 fully saturated rings. The van der Waals surface area contributed by atoms with Crippen LogP contribution in [0.2, 0.25) is 10.0 Å². The van der Waals surface area contributed by atoms with Crippen LogP contribution >= 0.6 is 23.2 Å². The van der Waals surface area contributed by atoms with E-state index < -0.39 is 11.8 Å². The number of aryl methyl sites for hydroxylation is 1. The van der Waals surface area contributed by atoms with Gasteiger partial charge in [0.05, 0.1) is 15.6 Å². The molecule has 0 saturated carbocycles. The first kappa shape index (κ1) is 13.9. The Hall–Kier alpha value is -2.11. The summed E-state index contributed by atoms with van der Waals surface area (Å²) in [5.74, 6) is -0.555. The Bertz CT molecular complexity index is 790. The van der Waals surface area contributed by atoms with Gasteiger partial charge >= 0.3 is 0 Å². The Morgan fingerprint density at radius 3 is 2.57 bits per heavy atom. The third-order valence-corrected chi connectivity index (χ3v) is 3.66. The fraction of sp³-hybridized carbons (Fsp3) is 0.0714. The molecule has 3 rings (SSSR count). The second-order valence-electron chi connectivity index (χ2n) is 4.45. The fourth-order valence-corrected chi connectivity index (χ4v) is 2.29. The summed E-state index contributed by atoms with van der Waals surface area (Å²) in [5, 5.41) is 2.92. The summed E-state index contributed by atoms with van der Waals surface area (Å²) >= 11 is 11.7. The lowest BCUT2D eigenvalue weighted by molar-refractivity contribution is 0.0879. The number of nitrogens with zero attached hydrogens (tertiary/aromatic N) is 1. The highest BCUT2D eigenvalue weighted by Crippen LogP contribution is 2.32. The van der Waals surface area contributed by atoms with E-state index in [1.165, 1.54) is 12.1 Å². The van der Waals surface area contributed by atoms with E-state index in [0.717, 1.165) is 0 Å². The van der Waals surface area contributed by atoms with E-state index in [4.69, 9.17) is 27.9 Å². The Balaban J connectivity index is 2.07. The summed E-state index contributed by atoms with van der Waals surface area (Å²) in [6, 6.07) is 6.21. The number of benzene rings is 1. The van der Waals surface area contributed by atoms with Gasteiger partial charge in [0.1, 0.15) is 11.3 Å². The van der Waals surface area contributed by atoms with E-state index in [1.807, 2.05) is 0 Å². The van der Waals surface area contributed by atoms with Gasteiger partial charge in [0, 0.05) is 11.8 Å². The minimum Gasteiger partial charge on any atom is -0.438 e. The van der Waals surface area contributed by atoms with Gasteiger partial charge in [-0.2, -0.15) is 0 Å². The first-order valence-electron chi connectivity index (χ1n) is 5.96. The van der Waals surface area contributed by atoms with Crippen molar-refractivity contribution in [1.29, 1.82) is 0 Å². The molecule has 0 saturated heterocycles. The number of nitrogens with one attached hydrogen (secondary N) is 1. The molecule has 2 aromatic rings. The maximum Gasteiger partial charge on any atom is 0.264 e. The normalized spacial score (nSPS) is 13.1. The van der Waals surface area contributed by atoms with E-state index in [-0.39, 0.29) is 17.0 Å². The molecule has 106 valence electrons. The number of hydrogen-bond donors (Lipinski definition) is 1. The van der Waals surface area contributed by atoms with Crippen LogP contribution in [0.5, 0.6) is 11.6 Å². The summed E-state index contributed by atoms with van der Waals surface area (Å²) in [6.45, 7) is 1.71. The van der Waals surface area contributed by atoms with Crippen molar-refractivity contribution < 1.29 is 14.3 Å². The smallest absolute Gasteiger partial charge is 0.264 e. The summed E-state index contributed by atoms with van der Waals surface area (Å²) in [6.07, 6.45) is 0. The lowest BCUT2D eigenvalue weighted by atomic mass is 10.1. The Kier molecular flexibility index (Phi) is 3.31. The number of amides is 2. The van der Waals surface area contributed by atoms with Crippen LogP contribution in [0, 0.1) is 6.92 Å². The fourth-order valence-electron chi connectivity index (χ4n) is 2.00. The highest BCUT2D eigenvalue weighted by atomic mass is 35.5. The molecule has 0 aliphatic carbocycles. The molecule has 1 aliphatic heterocycles. The zero-order chi connectivity index (χ0) is 15.1. The third kappa shape index (κ3) is 2.46. The molecule has 0 unspecified atom stereocenters. The molecule has 1 aliphatic rings. The quantitative estimate of drug-likeness (QED) is 0.861. The van der Waals surface area contributed by atoms with Crippen LogP contribution in [-0.2, 0) is 0 Å². The van der Waals surface area contributed by atoms with Crippen molar-refractivity contribution >= 4 is 35.0 Å². The van der Waals surface area contributed by atoms with Crippen LogP contribution in [-0.4, -0.2) is 16.8 Å². The zero-order valence-corrected chi connectivity index (χ0v) is 12.2. The molecular weight excluding hydrogens is 315 g/mol. The van der Waals surface area contributed by atoms with E-state index >= 15 is 0 Å². The van der Waals surface area contributed by atoms with Crippen LogP contribution in [0.3, 0.4) is 0 Å². The molecule has 0 spiro atoms. The van der Waals surface area contributed by atoms with Gasteiger partial charge in [-0.15, -0.1) is 0 Å². The minimum absolute atomic E-state index is 0.0618. The van der Waals surface area contributed by atoms with Crippen LogP contribution in [0.15, 0.2) is 24.3 Å². The predicted octanol–water partition coefficient (Wildman–Crippen LogP) is 3.37. The number of fused-ring (bicyclic) bond motifs is 1. The van der Waals surface area contributed by atoms with Crippen molar-refractivity contribution in [2.75, 3.05) is 0 Å². The monoisotopic (exact) mass is 322 g/mol. The standard InChI is InChI=1S/C14H8Cl2N2O3/c1-6-4-8-11(13(20)18-12(8)19)14(17-6)21-7-2-3-9(15)10(16)5-7/h2-5H,1H3,(H,18,19,20). The van der Waals surface area contributed by atoms with Crippen molar-refractivity contribution in [2.45, 2.75) is 6.92 Å². The first-order valence-corrected chi connectivity index (χ1v) is 6.71. The summed E-state index contributed by atoms with van der Waals surface area (Å²) in [4.78, 5) is 27.7. The molecule has 21 heavy (non-hydrogen) atoms. The van der Waals surface area contributed by atoms with Crippen LogP contribution < -0.4 is 10.1 Å². The van der Waals surface area contributed by atoms with E-state index in [1.54, 1.807) is 19.1 Å². The van der Waals surface area contributed by atoms with Crippen molar-refractivity contribution in [1.82, 2.24) is 10.3 Å². The topological polar surface area (TPSA) is 68.3 Å². The summed E-state index contributed by atoms with van der Waals surface area (Å²) in [5.41, 5.74) is 0.938. The average molecular weight is 323 g/mol. The number of imide groups is 1. The number of halogens is 2. The van der Waals surface area contributed by atoms with Gasteiger partial charge in [0.15, 0.2) is 0 Å². The van der Waals surface area contributed by atoms with Crippen molar-refractivity contribution in [3.63, 3.8) is 0 Å². The number of rotatable bonds is 2. The summed E-state index contributed by atoms with van der Waals surface area (Å²) < 4.78 is 5.59. The Morgan fingerprint density at radius 2 is 1.86 bits per heavy atom. The lowest BCUT2D eigenvalue weighted by Gasteiger charge is -2.09. The number of hydrogen-bond acceptors (Lipinski definition) is 4. The molecule has 0 bridgehead atoms. The minimum atomic E-state index is -0.530. The molecule has 1 aromatic carbocycles. The molecular formula is C14H8Cl2N2O3. The highest BCUT2D eigenvalue weighted by Gasteiger charge is 2.32. The molecule has 0 atom stereocenters. The zero-order valence-electron chi connectivity index (χ0n) is 10.7. The van der Waals surface area contributed by atoms with Gasteiger partial charge in [-0.3, -0.25) is 14.9 Å². The van der Waals surface area contributed by atoms with Crippen LogP contribution in [0.1, 0.15) is 26.4 Å². The van der Waals surface area contributed by atoms with Gasteiger partial charge in [0.25, 0.3) is 11.8 Å². The maximum absolute atomic E-state index is 11.8. The second kappa shape index (κ2) is 5.02. The van der Waals surface area contributed by atoms with Gasteiger partial charge in [0.2, 0.25) is 5.88 Å². The molecule has 2 amide bonds. The van der Waals surface area contributed by atoms with Crippen molar-refractivity contribution in [3.05, 3.63) is 51.1 Å². The molecule has 1 N–H and O–H groups in total. The SMILES string of the molecule is Cc1cc2c(c(Oc3ccc(Cl)c(Cl)c3)n1)C(=O)NC2=O. The van der Waals surface area contributed by atoms with Gasteiger partial charge < -0.3 is 4.74 Å². The van der Waals surface area contributed by atoms with Crippen LogP contribution in [0.4, 0.5) is 0 Å². The van der Waals surface area contributed by atoms with E-state index in [9.17, 15) is 9.59 Å². The number of carbonyl (C=O) groups excluding carboxylic acids is 2. The number of carbonyl (C=O) groups is 2. The number of aromatic nitrogens is 1. The third-order valence-electron chi connectivity index (χ3n) is 2.92. The highest BCUT2D eigenvalue weighted by molar-refractivity contribution is 6.42. The molecule has 0 radical (unpaired) electrons. The predicted molar refractivity (Wildman–Crippen MR) is 77.3 cm³/mol. The molecule has 7 heteroatoms. The van der Waals surface area contributed by atoms with Gasteiger partial charge in [-0.05, 0) is 25.1 Å². The van der Waals surface area contributed by atoms with Gasteiger partial charge in [-0.25, -0.2) is 4.98 Å². The molecule has 5 nitrogen and oxygen atoms in total. The van der Waals surface area contributed by atoms with E-state index in [2.05, 4.69) is 10.3 Å². The lowest BCUT2D eigenvalue weighted by Crippen LogP contribution is -2.20.